The van der Waals surface area contributed by atoms with E-state index in [0.29, 0.717) is 13.2 Å². The van der Waals surface area contributed by atoms with Crippen LogP contribution in [0.4, 0.5) is 10.1 Å². The van der Waals surface area contributed by atoms with Crippen LogP contribution in [-0.4, -0.2) is 61.0 Å². The molecule has 1 heterocycles. The molecule has 0 aromatic heterocycles. The SMILES string of the molecule is C#CC1(OCC(O)CN2CCN(c3ccc(F)cc3)CC2)CCCCC1.Cl.Cl. The Labute approximate surface area is 180 Å². The summed E-state index contributed by atoms with van der Waals surface area (Å²) in [7, 11) is 0. The molecule has 7 heteroatoms. The van der Waals surface area contributed by atoms with E-state index < -0.39 is 11.7 Å². The van der Waals surface area contributed by atoms with Gasteiger partial charge in [-0.25, -0.2) is 4.39 Å². The Bertz CT molecular complexity index is 610. The molecule has 0 spiro atoms. The van der Waals surface area contributed by atoms with E-state index in [1.807, 2.05) is 12.1 Å². The monoisotopic (exact) mass is 432 g/mol. The van der Waals surface area contributed by atoms with Gasteiger partial charge in [0.25, 0.3) is 0 Å². The number of anilines is 1. The second-order valence-electron chi connectivity index (χ2n) is 7.43. The molecule has 1 aliphatic heterocycles. The van der Waals surface area contributed by atoms with Crippen molar-refractivity contribution >= 4 is 30.5 Å². The van der Waals surface area contributed by atoms with Crippen molar-refractivity contribution in [1.82, 2.24) is 4.90 Å². The van der Waals surface area contributed by atoms with Crippen molar-refractivity contribution in [2.24, 2.45) is 0 Å². The lowest BCUT2D eigenvalue weighted by Crippen LogP contribution is -2.49. The topological polar surface area (TPSA) is 35.9 Å². The van der Waals surface area contributed by atoms with Crippen LogP contribution in [0.1, 0.15) is 32.1 Å². The van der Waals surface area contributed by atoms with Gasteiger partial charge < -0.3 is 14.7 Å². The average molecular weight is 433 g/mol. The largest absolute Gasteiger partial charge is 0.389 e. The van der Waals surface area contributed by atoms with Crippen LogP contribution in [0, 0.1) is 18.2 Å². The molecule has 0 amide bonds. The average Bonchev–Trinajstić information content (AvgIpc) is 2.68. The van der Waals surface area contributed by atoms with Gasteiger partial charge in [-0.05, 0) is 49.9 Å². The van der Waals surface area contributed by atoms with Crippen molar-refractivity contribution in [3.8, 4) is 12.3 Å². The van der Waals surface area contributed by atoms with Crippen molar-refractivity contribution < 1.29 is 14.2 Å². The molecule has 3 rings (SSSR count). The van der Waals surface area contributed by atoms with Crippen LogP contribution in [0.2, 0.25) is 0 Å². The van der Waals surface area contributed by atoms with Crippen molar-refractivity contribution in [3.05, 3.63) is 30.1 Å². The summed E-state index contributed by atoms with van der Waals surface area (Å²) in [4.78, 5) is 4.49. The first-order chi connectivity index (χ1) is 12.6. The number of hydrogen-bond donors (Lipinski definition) is 1. The highest BCUT2D eigenvalue weighted by Gasteiger charge is 2.31. The van der Waals surface area contributed by atoms with Gasteiger partial charge in [-0.2, -0.15) is 0 Å². The molecular weight excluding hydrogens is 402 g/mol. The van der Waals surface area contributed by atoms with Gasteiger partial charge in [0.15, 0.2) is 0 Å². The number of hydrogen-bond acceptors (Lipinski definition) is 4. The number of ether oxygens (including phenoxy) is 1. The van der Waals surface area contributed by atoms with Crippen LogP contribution in [0.25, 0.3) is 0 Å². The Morgan fingerprint density at radius 1 is 1.07 bits per heavy atom. The highest BCUT2D eigenvalue weighted by atomic mass is 35.5. The first-order valence-corrected chi connectivity index (χ1v) is 9.63. The summed E-state index contributed by atoms with van der Waals surface area (Å²) in [6.07, 6.45) is 10.4. The lowest BCUT2D eigenvalue weighted by Gasteiger charge is -2.37. The molecule has 1 saturated heterocycles. The normalized spacial score (nSPS) is 20.4. The summed E-state index contributed by atoms with van der Waals surface area (Å²) >= 11 is 0. The van der Waals surface area contributed by atoms with E-state index in [1.165, 1.54) is 18.6 Å². The molecule has 1 saturated carbocycles. The first kappa shape index (κ1) is 25.0. The summed E-state index contributed by atoms with van der Waals surface area (Å²) in [6, 6.07) is 6.62. The summed E-state index contributed by atoms with van der Waals surface area (Å²) in [5.74, 6) is 2.61. The Kier molecular flexibility index (Phi) is 10.6. The van der Waals surface area contributed by atoms with Crippen LogP contribution in [0.5, 0.6) is 0 Å². The summed E-state index contributed by atoms with van der Waals surface area (Å²) < 4.78 is 19.0. The van der Waals surface area contributed by atoms with Gasteiger partial charge in [0, 0.05) is 38.4 Å². The van der Waals surface area contributed by atoms with E-state index in [4.69, 9.17) is 11.2 Å². The standard InChI is InChI=1S/C21H29FN2O2.2ClH/c1-2-21(10-4-3-5-11-21)26-17-20(25)16-23-12-14-24(15-13-23)19-8-6-18(22)7-9-19;;/h1,6-9,20,25H,3-5,10-17H2;2*1H. The number of β-amino-alcohol motifs (C(OH)–C–C–N with tert-alkyl or cyclic N) is 1. The lowest BCUT2D eigenvalue weighted by molar-refractivity contribution is -0.0698. The first-order valence-electron chi connectivity index (χ1n) is 9.63. The van der Waals surface area contributed by atoms with E-state index in [0.717, 1.165) is 57.5 Å². The predicted octanol–water partition coefficient (Wildman–Crippen LogP) is 3.50. The molecule has 4 nitrogen and oxygen atoms in total. The molecule has 1 aromatic rings. The zero-order chi connectivity index (χ0) is 18.4. The minimum absolute atomic E-state index is 0. The van der Waals surface area contributed by atoms with E-state index >= 15 is 0 Å². The van der Waals surface area contributed by atoms with Crippen molar-refractivity contribution in [1.29, 1.82) is 0 Å². The van der Waals surface area contributed by atoms with Crippen molar-refractivity contribution in [3.63, 3.8) is 0 Å². The molecule has 1 unspecified atom stereocenters. The van der Waals surface area contributed by atoms with Crippen molar-refractivity contribution in [2.45, 2.75) is 43.8 Å². The van der Waals surface area contributed by atoms with Gasteiger partial charge in [0.05, 0.1) is 12.7 Å². The van der Waals surface area contributed by atoms with Crippen LogP contribution >= 0.6 is 24.8 Å². The third-order valence-corrected chi connectivity index (χ3v) is 5.51. The molecule has 0 bridgehead atoms. The van der Waals surface area contributed by atoms with Crippen LogP contribution in [0.3, 0.4) is 0 Å². The van der Waals surface area contributed by atoms with Gasteiger partial charge in [-0.15, -0.1) is 31.2 Å². The quantitative estimate of drug-likeness (QED) is 0.697. The van der Waals surface area contributed by atoms with Gasteiger partial charge >= 0.3 is 0 Å². The molecule has 2 aliphatic rings. The maximum absolute atomic E-state index is 13.0. The zero-order valence-corrected chi connectivity index (χ0v) is 17.8. The second-order valence-corrected chi connectivity index (χ2v) is 7.43. The van der Waals surface area contributed by atoms with Gasteiger partial charge in [-0.3, -0.25) is 4.90 Å². The summed E-state index contributed by atoms with van der Waals surface area (Å²) in [6.45, 7) is 4.37. The van der Waals surface area contributed by atoms with Crippen molar-refractivity contribution in [2.75, 3.05) is 44.2 Å². The Balaban J connectivity index is 0.00000196. The maximum atomic E-state index is 13.0. The minimum atomic E-state index is -0.528. The molecule has 1 atom stereocenters. The highest BCUT2D eigenvalue weighted by Crippen LogP contribution is 2.31. The number of nitrogens with zero attached hydrogens (tertiary/aromatic N) is 2. The van der Waals surface area contributed by atoms with Crippen LogP contribution in [0.15, 0.2) is 24.3 Å². The third kappa shape index (κ3) is 6.79. The van der Waals surface area contributed by atoms with Gasteiger partial charge in [-0.1, -0.05) is 12.3 Å². The number of terminal acetylenes is 1. The minimum Gasteiger partial charge on any atom is -0.389 e. The third-order valence-electron chi connectivity index (χ3n) is 5.51. The molecule has 1 aliphatic carbocycles. The highest BCUT2D eigenvalue weighted by molar-refractivity contribution is 5.85. The Morgan fingerprint density at radius 2 is 1.68 bits per heavy atom. The smallest absolute Gasteiger partial charge is 0.128 e. The molecule has 1 aromatic carbocycles. The molecule has 28 heavy (non-hydrogen) atoms. The zero-order valence-electron chi connectivity index (χ0n) is 16.2. The molecule has 2 fully saturated rings. The summed E-state index contributed by atoms with van der Waals surface area (Å²) in [5, 5.41) is 10.4. The van der Waals surface area contributed by atoms with E-state index in [-0.39, 0.29) is 30.6 Å². The number of rotatable bonds is 6. The molecular formula is C21H31Cl2FN2O2. The van der Waals surface area contributed by atoms with Gasteiger partial charge in [0.1, 0.15) is 11.4 Å². The number of halogens is 3. The predicted molar refractivity (Wildman–Crippen MR) is 116 cm³/mol. The van der Waals surface area contributed by atoms with E-state index in [2.05, 4.69) is 15.7 Å². The fourth-order valence-electron chi connectivity index (χ4n) is 3.90. The fourth-order valence-corrected chi connectivity index (χ4v) is 3.90. The number of aliphatic hydroxyl groups is 1. The van der Waals surface area contributed by atoms with Crippen LogP contribution < -0.4 is 4.90 Å². The second kappa shape index (κ2) is 11.8. The molecule has 0 radical (unpaired) electrons. The van der Waals surface area contributed by atoms with Crippen LogP contribution in [-0.2, 0) is 4.74 Å². The Hall–Kier alpha value is -1.03. The maximum Gasteiger partial charge on any atom is 0.128 e. The van der Waals surface area contributed by atoms with E-state index in [9.17, 15) is 9.50 Å². The lowest BCUT2D eigenvalue weighted by atomic mass is 9.85. The fraction of sp³-hybridized carbons (Fsp3) is 0.619. The number of benzene rings is 1. The van der Waals surface area contributed by atoms with Gasteiger partial charge in [0.2, 0.25) is 0 Å². The molecule has 1 N–H and O–H groups in total. The molecule has 158 valence electrons. The van der Waals surface area contributed by atoms with E-state index in [1.54, 1.807) is 0 Å². The Morgan fingerprint density at radius 3 is 2.25 bits per heavy atom. The summed E-state index contributed by atoms with van der Waals surface area (Å²) in [5.41, 5.74) is 0.573. The number of piperazine rings is 1. The number of aliphatic hydroxyl groups excluding tert-OH is 1.